The quantitative estimate of drug-likeness (QED) is 0.911. The van der Waals surface area contributed by atoms with Gasteiger partial charge in [-0.2, -0.15) is 0 Å². The highest BCUT2D eigenvalue weighted by Crippen LogP contribution is 2.44. The Kier molecular flexibility index (Phi) is 4.27. The molecule has 6 heteroatoms. The monoisotopic (exact) mass is 345 g/mol. The molecule has 3 atom stereocenters. The molecule has 25 heavy (non-hydrogen) atoms. The molecule has 1 saturated heterocycles. The van der Waals surface area contributed by atoms with Crippen molar-refractivity contribution >= 4 is 11.9 Å². The molecular weight excluding hydrogens is 322 g/mol. The zero-order chi connectivity index (χ0) is 17.4. The number of carbonyl (C=O) groups excluding carboxylic acids is 1. The Morgan fingerprint density at radius 3 is 2.68 bits per heavy atom. The summed E-state index contributed by atoms with van der Waals surface area (Å²) in [7, 11) is 0. The number of amides is 1. The van der Waals surface area contributed by atoms with Crippen molar-refractivity contribution in [2.75, 3.05) is 19.8 Å². The van der Waals surface area contributed by atoms with Crippen LogP contribution in [0.4, 0.5) is 0 Å². The molecule has 1 saturated carbocycles. The fourth-order valence-corrected chi connectivity index (χ4v) is 4.38. The maximum atomic E-state index is 13.0. The minimum Gasteiger partial charge on any atom is -0.486 e. The van der Waals surface area contributed by atoms with E-state index < -0.39 is 5.97 Å². The van der Waals surface area contributed by atoms with Crippen molar-refractivity contribution in [1.82, 2.24) is 4.90 Å². The average molecular weight is 345 g/mol. The molecule has 0 bridgehead atoms. The summed E-state index contributed by atoms with van der Waals surface area (Å²) in [5.41, 5.74) is 1.01. The van der Waals surface area contributed by atoms with Crippen LogP contribution in [-0.2, 0) is 9.59 Å². The van der Waals surface area contributed by atoms with E-state index in [0.717, 1.165) is 36.4 Å². The molecule has 1 aromatic carbocycles. The molecule has 0 spiro atoms. The molecule has 4 rings (SSSR count). The van der Waals surface area contributed by atoms with Crippen molar-refractivity contribution in [2.45, 2.75) is 38.1 Å². The number of carboxylic acids is 1. The molecule has 1 aromatic rings. The van der Waals surface area contributed by atoms with E-state index in [0.29, 0.717) is 32.5 Å². The summed E-state index contributed by atoms with van der Waals surface area (Å²) >= 11 is 0. The maximum Gasteiger partial charge on any atom is 0.306 e. The van der Waals surface area contributed by atoms with E-state index in [9.17, 15) is 14.7 Å². The molecule has 1 N–H and O–H groups in total. The number of benzene rings is 1. The maximum absolute atomic E-state index is 13.0. The van der Waals surface area contributed by atoms with Crippen LogP contribution < -0.4 is 9.47 Å². The Bertz CT molecular complexity index is 688. The normalized spacial score (nSPS) is 28.2. The second-order valence-corrected chi connectivity index (χ2v) is 7.11. The van der Waals surface area contributed by atoms with Gasteiger partial charge in [0.25, 0.3) is 0 Å². The lowest BCUT2D eigenvalue weighted by Crippen LogP contribution is -2.35. The van der Waals surface area contributed by atoms with Crippen molar-refractivity contribution in [3.63, 3.8) is 0 Å². The molecule has 0 aromatic heterocycles. The zero-order valence-electron chi connectivity index (χ0n) is 14.1. The second kappa shape index (κ2) is 6.58. The fourth-order valence-electron chi connectivity index (χ4n) is 4.38. The molecular formula is C19H23NO5. The first-order valence-corrected chi connectivity index (χ1v) is 9.07. The molecule has 2 fully saturated rings. The fraction of sp³-hybridized carbons (Fsp3) is 0.579. The number of likely N-dealkylation sites (tertiary alicyclic amines) is 1. The van der Waals surface area contributed by atoms with Crippen LogP contribution in [0.25, 0.3) is 0 Å². The molecule has 6 nitrogen and oxygen atoms in total. The third kappa shape index (κ3) is 2.94. The standard InChI is InChI=1S/C19H23NO5/c21-18(12-6-7-13(11-12)19(22)23)20-8-2-4-15(20)14-3-1-5-16-17(14)25-10-9-24-16/h1,3,5,12-13,15H,2,4,6-11H2,(H,22,23)/t12-,13+,15+/m0/s1. The number of hydrogen-bond acceptors (Lipinski definition) is 4. The van der Waals surface area contributed by atoms with Crippen molar-refractivity contribution in [2.24, 2.45) is 11.8 Å². The van der Waals surface area contributed by atoms with Gasteiger partial charge < -0.3 is 19.5 Å². The Morgan fingerprint density at radius 2 is 1.88 bits per heavy atom. The highest BCUT2D eigenvalue weighted by molar-refractivity contribution is 5.82. The van der Waals surface area contributed by atoms with Gasteiger partial charge in [0.15, 0.2) is 11.5 Å². The number of para-hydroxylation sites is 1. The van der Waals surface area contributed by atoms with Crippen molar-refractivity contribution in [3.8, 4) is 11.5 Å². The van der Waals surface area contributed by atoms with Crippen molar-refractivity contribution in [1.29, 1.82) is 0 Å². The van der Waals surface area contributed by atoms with Gasteiger partial charge in [-0.15, -0.1) is 0 Å². The lowest BCUT2D eigenvalue weighted by Gasteiger charge is -2.30. The van der Waals surface area contributed by atoms with Crippen LogP contribution in [0.2, 0.25) is 0 Å². The van der Waals surface area contributed by atoms with Crippen LogP contribution in [0, 0.1) is 11.8 Å². The Hall–Kier alpha value is -2.24. The van der Waals surface area contributed by atoms with E-state index in [1.54, 1.807) is 0 Å². The molecule has 1 aliphatic carbocycles. The summed E-state index contributed by atoms with van der Waals surface area (Å²) in [5, 5.41) is 9.19. The number of carboxylic acid groups (broad SMARTS) is 1. The van der Waals surface area contributed by atoms with E-state index in [1.165, 1.54) is 0 Å². The van der Waals surface area contributed by atoms with Gasteiger partial charge in [-0.25, -0.2) is 0 Å². The summed E-state index contributed by atoms with van der Waals surface area (Å²) < 4.78 is 11.5. The number of fused-ring (bicyclic) bond motifs is 1. The van der Waals surface area contributed by atoms with E-state index in [2.05, 4.69) is 0 Å². The molecule has 1 amide bonds. The van der Waals surface area contributed by atoms with E-state index in [4.69, 9.17) is 9.47 Å². The summed E-state index contributed by atoms with van der Waals surface area (Å²) in [4.78, 5) is 26.1. The topological polar surface area (TPSA) is 76.1 Å². The number of ether oxygens (including phenoxy) is 2. The van der Waals surface area contributed by atoms with E-state index in [1.807, 2.05) is 23.1 Å². The minimum atomic E-state index is -0.782. The van der Waals surface area contributed by atoms with Crippen LogP contribution in [0.3, 0.4) is 0 Å². The summed E-state index contributed by atoms with van der Waals surface area (Å²) in [5.74, 6) is 0.272. The Balaban J connectivity index is 1.55. The third-order valence-electron chi connectivity index (χ3n) is 5.62. The lowest BCUT2D eigenvalue weighted by molar-refractivity contribution is -0.141. The van der Waals surface area contributed by atoms with Gasteiger partial charge in [-0.1, -0.05) is 12.1 Å². The number of carbonyl (C=O) groups is 2. The SMILES string of the molecule is O=C(O)[C@@H]1CC[C@H](C(=O)N2CCC[C@@H]2c2cccc3c2OCCO3)C1. The average Bonchev–Trinajstić information content (AvgIpc) is 3.30. The van der Waals surface area contributed by atoms with Crippen LogP contribution in [-0.4, -0.2) is 41.6 Å². The Morgan fingerprint density at radius 1 is 1.08 bits per heavy atom. The van der Waals surface area contributed by atoms with Gasteiger partial charge >= 0.3 is 5.97 Å². The highest BCUT2D eigenvalue weighted by Gasteiger charge is 2.40. The summed E-state index contributed by atoms with van der Waals surface area (Å²) in [6, 6.07) is 5.85. The van der Waals surface area contributed by atoms with Crippen molar-refractivity contribution in [3.05, 3.63) is 23.8 Å². The Labute approximate surface area is 146 Å². The van der Waals surface area contributed by atoms with Gasteiger partial charge in [0.2, 0.25) is 5.91 Å². The van der Waals surface area contributed by atoms with E-state index >= 15 is 0 Å². The second-order valence-electron chi connectivity index (χ2n) is 7.11. The number of nitrogens with zero attached hydrogens (tertiary/aromatic N) is 1. The van der Waals surface area contributed by atoms with Crippen LogP contribution in [0.5, 0.6) is 11.5 Å². The van der Waals surface area contributed by atoms with Gasteiger partial charge in [-0.3, -0.25) is 9.59 Å². The third-order valence-corrected chi connectivity index (χ3v) is 5.62. The number of rotatable bonds is 3. The van der Waals surface area contributed by atoms with Crippen LogP contribution in [0.15, 0.2) is 18.2 Å². The number of hydrogen-bond donors (Lipinski definition) is 1. The van der Waals surface area contributed by atoms with Gasteiger partial charge in [0.1, 0.15) is 13.2 Å². The smallest absolute Gasteiger partial charge is 0.306 e. The zero-order valence-corrected chi connectivity index (χ0v) is 14.1. The van der Waals surface area contributed by atoms with Gasteiger partial charge in [0, 0.05) is 18.0 Å². The molecule has 2 aliphatic heterocycles. The highest BCUT2D eigenvalue weighted by atomic mass is 16.6. The molecule has 0 radical (unpaired) electrons. The summed E-state index contributed by atoms with van der Waals surface area (Å²) in [6.07, 6.45) is 3.59. The van der Waals surface area contributed by atoms with Crippen LogP contribution in [0.1, 0.15) is 43.7 Å². The van der Waals surface area contributed by atoms with E-state index in [-0.39, 0.29) is 23.8 Å². The molecule has 134 valence electrons. The first kappa shape index (κ1) is 16.2. The lowest BCUT2D eigenvalue weighted by atomic mass is 9.99. The predicted octanol–water partition coefficient (Wildman–Crippen LogP) is 2.62. The molecule has 3 aliphatic rings. The van der Waals surface area contributed by atoms with Crippen LogP contribution >= 0.6 is 0 Å². The van der Waals surface area contributed by atoms with Gasteiger partial charge in [-0.05, 0) is 38.2 Å². The minimum absolute atomic E-state index is 0.00646. The van der Waals surface area contributed by atoms with Gasteiger partial charge in [0.05, 0.1) is 12.0 Å². The van der Waals surface area contributed by atoms with Crippen molar-refractivity contribution < 1.29 is 24.2 Å². The first-order chi connectivity index (χ1) is 12.1. The summed E-state index contributed by atoms with van der Waals surface area (Å²) in [6.45, 7) is 1.79. The largest absolute Gasteiger partial charge is 0.486 e. The first-order valence-electron chi connectivity index (χ1n) is 9.07. The molecule has 2 heterocycles. The predicted molar refractivity (Wildman–Crippen MR) is 89.6 cm³/mol. The number of aliphatic carboxylic acids is 1. The molecule has 0 unspecified atom stereocenters.